The molecule has 0 saturated carbocycles. The minimum Gasteiger partial charge on any atom is -0.444 e. The lowest BCUT2D eigenvalue weighted by atomic mass is 9.83. The van der Waals surface area contributed by atoms with Gasteiger partial charge in [-0.25, -0.2) is 9.18 Å². The summed E-state index contributed by atoms with van der Waals surface area (Å²) in [5.41, 5.74) is -2.11. The SMILES string of the molecule is C[C@H](NC(=O)OC(C)(C)C)C(CCC1OCCCO1)(OS(C)(=O)=O)c1cccc(F)c1. The van der Waals surface area contributed by atoms with E-state index >= 15 is 0 Å². The van der Waals surface area contributed by atoms with Gasteiger partial charge in [-0.3, -0.25) is 4.18 Å². The van der Waals surface area contributed by atoms with Crippen molar-refractivity contribution in [3.8, 4) is 0 Å². The highest BCUT2D eigenvalue weighted by Gasteiger charge is 2.44. The fourth-order valence-electron chi connectivity index (χ4n) is 3.43. The molecule has 1 unspecified atom stereocenters. The molecular formula is C21H32FNO7S. The highest BCUT2D eigenvalue weighted by Crippen LogP contribution is 2.38. The average molecular weight is 462 g/mol. The first-order valence-electron chi connectivity index (χ1n) is 10.2. The minimum absolute atomic E-state index is 0.0746. The maximum atomic E-state index is 14.1. The van der Waals surface area contributed by atoms with Crippen LogP contribution in [0.4, 0.5) is 9.18 Å². The smallest absolute Gasteiger partial charge is 0.407 e. The Labute approximate surface area is 183 Å². The van der Waals surface area contributed by atoms with Crippen LogP contribution in [0.15, 0.2) is 24.3 Å². The van der Waals surface area contributed by atoms with Gasteiger partial charge in [0.05, 0.1) is 25.5 Å². The van der Waals surface area contributed by atoms with Gasteiger partial charge >= 0.3 is 6.09 Å². The summed E-state index contributed by atoms with van der Waals surface area (Å²) in [4.78, 5) is 12.4. The van der Waals surface area contributed by atoms with Gasteiger partial charge in [-0.2, -0.15) is 8.42 Å². The molecule has 8 nitrogen and oxygen atoms in total. The number of ether oxygens (including phenoxy) is 3. The molecule has 10 heteroatoms. The van der Waals surface area contributed by atoms with Gasteiger partial charge in [-0.05, 0) is 58.2 Å². The van der Waals surface area contributed by atoms with Gasteiger partial charge in [0.1, 0.15) is 17.0 Å². The van der Waals surface area contributed by atoms with Crippen molar-refractivity contribution >= 4 is 16.2 Å². The number of alkyl carbamates (subject to hydrolysis) is 1. The van der Waals surface area contributed by atoms with Crippen LogP contribution in [0.5, 0.6) is 0 Å². The molecule has 2 atom stereocenters. The van der Waals surface area contributed by atoms with Crippen molar-refractivity contribution in [2.45, 2.75) is 70.5 Å². The van der Waals surface area contributed by atoms with Gasteiger partial charge in [0, 0.05) is 6.42 Å². The monoisotopic (exact) mass is 461 g/mol. The lowest BCUT2D eigenvalue weighted by Gasteiger charge is -2.39. The average Bonchev–Trinajstić information content (AvgIpc) is 2.63. The lowest BCUT2D eigenvalue weighted by Crippen LogP contribution is -2.52. The Morgan fingerprint density at radius 2 is 1.94 bits per heavy atom. The third-order valence-electron chi connectivity index (χ3n) is 4.69. The number of benzene rings is 1. The molecule has 1 aliphatic heterocycles. The van der Waals surface area contributed by atoms with Crippen LogP contribution in [0.3, 0.4) is 0 Å². The van der Waals surface area contributed by atoms with Crippen molar-refractivity contribution in [3.63, 3.8) is 0 Å². The summed E-state index contributed by atoms with van der Waals surface area (Å²) < 4.78 is 60.6. The Balaban J connectivity index is 2.42. The van der Waals surface area contributed by atoms with Gasteiger partial charge in [-0.15, -0.1) is 0 Å². The van der Waals surface area contributed by atoms with Gasteiger partial charge in [0.25, 0.3) is 10.1 Å². The van der Waals surface area contributed by atoms with Crippen molar-refractivity contribution < 1.29 is 36.0 Å². The number of rotatable bonds is 8. The quantitative estimate of drug-likeness (QED) is 0.592. The van der Waals surface area contributed by atoms with Crippen LogP contribution in [0.25, 0.3) is 0 Å². The molecule has 1 N–H and O–H groups in total. The number of carbonyl (C=O) groups is 1. The fourth-order valence-corrected chi connectivity index (χ4v) is 4.30. The Kier molecular flexibility index (Phi) is 8.43. The number of hydrogen-bond acceptors (Lipinski definition) is 7. The summed E-state index contributed by atoms with van der Waals surface area (Å²) >= 11 is 0. The molecule has 1 heterocycles. The first-order chi connectivity index (χ1) is 14.3. The van der Waals surface area contributed by atoms with Crippen LogP contribution in [-0.4, -0.2) is 51.9 Å². The lowest BCUT2D eigenvalue weighted by molar-refractivity contribution is -0.186. The van der Waals surface area contributed by atoms with E-state index < -0.39 is 45.6 Å². The second kappa shape index (κ2) is 10.2. The second-order valence-electron chi connectivity index (χ2n) is 8.62. The first-order valence-corrected chi connectivity index (χ1v) is 12.0. The molecule has 0 spiro atoms. The molecular weight excluding hydrogens is 429 g/mol. The van der Waals surface area contributed by atoms with Crippen LogP contribution in [0, 0.1) is 5.82 Å². The number of amides is 1. The van der Waals surface area contributed by atoms with Crippen LogP contribution < -0.4 is 5.32 Å². The molecule has 2 rings (SSSR count). The number of nitrogens with one attached hydrogen (secondary N) is 1. The Morgan fingerprint density at radius 1 is 1.29 bits per heavy atom. The fraction of sp³-hybridized carbons (Fsp3) is 0.667. The van der Waals surface area contributed by atoms with Crippen LogP contribution in [0.2, 0.25) is 0 Å². The van der Waals surface area contributed by atoms with Crippen molar-refractivity contribution in [2.24, 2.45) is 0 Å². The van der Waals surface area contributed by atoms with Crippen molar-refractivity contribution in [1.82, 2.24) is 5.32 Å². The summed E-state index contributed by atoms with van der Waals surface area (Å²) in [6, 6.07) is 4.56. The molecule has 1 fully saturated rings. The standard InChI is InChI=1S/C21H32FNO7S/c1-15(23-19(24)29-20(2,3)4)21(30-31(5,25)26,16-8-6-9-17(22)14-16)11-10-18-27-12-7-13-28-18/h6,8-9,14-15,18H,7,10-13H2,1-5H3,(H,23,24)/t15-,21?/m0/s1. The van der Waals surface area contributed by atoms with Crippen LogP contribution >= 0.6 is 0 Å². The second-order valence-corrected chi connectivity index (χ2v) is 10.2. The van der Waals surface area contributed by atoms with Gasteiger partial charge in [0.15, 0.2) is 6.29 Å². The Bertz CT molecular complexity index is 850. The van der Waals surface area contributed by atoms with E-state index in [4.69, 9.17) is 18.4 Å². The molecule has 1 aromatic rings. The van der Waals surface area contributed by atoms with E-state index in [1.54, 1.807) is 33.8 Å². The predicted molar refractivity (Wildman–Crippen MR) is 112 cm³/mol. The maximum Gasteiger partial charge on any atom is 0.407 e. The number of halogens is 1. The van der Waals surface area contributed by atoms with E-state index in [9.17, 15) is 17.6 Å². The summed E-state index contributed by atoms with van der Waals surface area (Å²) in [6.07, 6.45) is 0.718. The van der Waals surface area contributed by atoms with Crippen molar-refractivity contribution in [1.29, 1.82) is 0 Å². The molecule has 31 heavy (non-hydrogen) atoms. The molecule has 1 amide bonds. The molecule has 1 saturated heterocycles. The zero-order chi connectivity index (χ0) is 23.3. The minimum atomic E-state index is -4.01. The van der Waals surface area contributed by atoms with Crippen molar-refractivity contribution in [2.75, 3.05) is 19.5 Å². The predicted octanol–water partition coefficient (Wildman–Crippen LogP) is 3.45. The third-order valence-corrected chi connectivity index (χ3v) is 5.29. The molecule has 176 valence electrons. The summed E-state index contributed by atoms with van der Waals surface area (Å²) in [5, 5.41) is 2.65. The molecule has 0 aliphatic carbocycles. The topological polar surface area (TPSA) is 100 Å². The van der Waals surface area contributed by atoms with E-state index in [-0.39, 0.29) is 18.4 Å². The van der Waals surface area contributed by atoms with Gasteiger partial charge < -0.3 is 19.5 Å². The van der Waals surface area contributed by atoms with Gasteiger partial charge in [0.2, 0.25) is 0 Å². The zero-order valence-electron chi connectivity index (χ0n) is 18.6. The van der Waals surface area contributed by atoms with E-state index in [1.165, 1.54) is 18.2 Å². The maximum absolute atomic E-state index is 14.1. The molecule has 0 radical (unpaired) electrons. The highest BCUT2D eigenvalue weighted by atomic mass is 32.2. The first kappa shape index (κ1) is 25.5. The molecule has 0 bridgehead atoms. The molecule has 0 aromatic heterocycles. The zero-order valence-corrected chi connectivity index (χ0v) is 19.5. The molecule has 1 aliphatic rings. The van der Waals surface area contributed by atoms with Gasteiger partial charge in [-0.1, -0.05) is 12.1 Å². The summed E-state index contributed by atoms with van der Waals surface area (Å²) in [5.74, 6) is -0.561. The largest absolute Gasteiger partial charge is 0.444 e. The number of hydrogen-bond donors (Lipinski definition) is 1. The van der Waals surface area contributed by atoms with Crippen LogP contribution in [0.1, 0.15) is 52.5 Å². The van der Waals surface area contributed by atoms with E-state index in [0.717, 1.165) is 12.7 Å². The van der Waals surface area contributed by atoms with E-state index in [1.807, 2.05) is 0 Å². The highest BCUT2D eigenvalue weighted by molar-refractivity contribution is 7.86. The third kappa shape index (κ3) is 8.03. The summed E-state index contributed by atoms with van der Waals surface area (Å²) in [6.45, 7) is 7.76. The molecule has 1 aromatic carbocycles. The summed E-state index contributed by atoms with van der Waals surface area (Å²) in [7, 11) is -4.01. The van der Waals surface area contributed by atoms with E-state index in [2.05, 4.69) is 5.32 Å². The van der Waals surface area contributed by atoms with Crippen LogP contribution in [-0.2, 0) is 34.1 Å². The number of carbonyl (C=O) groups excluding carboxylic acids is 1. The normalized spacial score (nSPS) is 18.8. The Hall–Kier alpha value is -1.75. The van der Waals surface area contributed by atoms with E-state index in [0.29, 0.717) is 13.2 Å². The van der Waals surface area contributed by atoms with Crippen molar-refractivity contribution in [3.05, 3.63) is 35.6 Å². The Morgan fingerprint density at radius 3 is 2.48 bits per heavy atom.